The van der Waals surface area contributed by atoms with Crippen molar-refractivity contribution in [1.82, 2.24) is 14.4 Å². The maximum absolute atomic E-state index is 14.9. The molecule has 1 aliphatic heterocycles. The van der Waals surface area contributed by atoms with E-state index in [0.29, 0.717) is 29.9 Å². The van der Waals surface area contributed by atoms with E-state index in [4.69, 9.17) is 4.74 Å². The smallest absolute Gasteiger partial charge is 0.338 e. The van der Waals surface area contributed by atoms with Crippen LogP contribution in [0.2, 0.25) is 0 Å². The summed E-state index contributed by atoms with van der Waals surface area (Å²) in [6, 6.07) is 8.92. The number of cyclic esters (lactones) is 1. The van der Waals surface area contributed by atoms with E-state index in [1.54, 1.807) is 42.8 Å². The average molecular weight is 503 g/mol. The number of aliphatic hydroxyl groups is 1. The zero-order chi connectivity index (χ0) is 26.2. The monoisotopic (exact) mass is 502 g/mol. The zero-order valence-corrected chi connectivity index (χ0v) is 21.2. The summed E-state index contributed by atoms with van der Waals surface area (Å²) in [6.45, 7) is 3.38. The highest BCUT2D eigenvalue weighted by atomic mass is 19.1. The first-order valence-corrected chi connectivity index (χ1v) is 12.8. The second-order valence-electron chi connectivity index (χ2n) is 10.8. The number of hydrogen-bond donors (Lipinski definition) is 1. The third-order valence-corrected chi connectivity index (χ3v) is 7.92. The Bertz CT molecular complexity index is 1380. The molecule has 8 heteroatoms. The van der Waals surface area contributed by atoms with Crippen LogP contribution in [0.25, 0.3) is 5.78 Å². The van der Waals surface area contributed by atoms with Gasteiger partial charge in [-0.25, -0.2) is 19.2 Å². The second-order valence-corrected chi connectivity index (χ2v) is 10.8. The molecule has 1 aromatic carbocycles. The van der Waals surface area contributed by atoms with E-state index in [2.05, 4.69) is 16.0 Å². The molecule has 7 nitrogen and oxygen atoms in total. The van der Waals surface area contributed by atoms with Gasteiger partial charge in [0.05, 0.1) is 22.8 Å². The number of hydrogen-bond acceptors (Lipinski definition) is 6. The van der Waals surface area contributed by atoms with Crippen LogP contribution in [0.3, 0.4) is 0 Å². The number of nitrogens with zero attached hydrogens (tertiary/aromatic N) is 4. The van der Waals surface area contributed by atoms with Crippen molar-refractivity contribution in [2.75, 3.05) is 0 Å². The van der Waals surface area contributed by atoms with Gasteiger partial charge in [0, 0.05) is 37.0 Å². The van der Waals surface area contributed by atoms with Crippen molar-refractivity contribution < 1.29 is 19.0 Å². The second kappa shape index (κ2) is 9.62. The van der Waals surface area contributed by atoms with Gasteiger partial charge in [-0.05, 0) is 63.1 Å². The van der Waals surface area contributed by atoms with Crippen LogP contribution in [-0.4, -0.2) is 31.0 Å². The zero-order valence-electron chi connectivity index (χ0n) is 21.2. The van der Waals surface area contributed by atoms with Gasteiger partial charge in [-0.15, -0.1) is 0 Å². The molecule has 0 spiro atoms. The molecule has 1 aliphatic carbocycles. The molecule has 5 rings (SSSR count). The molecule has 37 heavy (non-hydrogen) atoms. The maximum Gasteiger partial charge on any atom is 0.338 e. The normalized spacial score (nSPS) is 20.9. The number of esters is 1. The number of aryl methyl sites for hydroxylation is 1. The summed E-state index contributed by atoms with van der Waals surface area (Å²) < 4.78 is 22.8. The fourth-order valence-electron chi connectivity index (χ4n) is 5.77. The first kappa shape index (κ1) is 24.9. The lowest BCUT2D eigenvalue weighted by atomic mass is 9.76. The van der Waals surface area contributed by atoms with Crippen LogP contribution in [0.1, 0.15) is 69.2 Å². The Balaban J connectivity index is 1.38. The number of aromatic nitrogens is 3. The van der Waals surface area contributed by atoms with Gasteiger partial charge in [0.15, 0.2) is 0 Å². The molecule has 0 amide bonds. The van der Waals surface area contributed by atoms with Gasteiger partial charge in [0.1, 0.15) is 17.2 Å². The molecule has 1 unspecified atom stereocenters. The molecule has 3 aromatic rings. The summed E-state index contributed by atoms with van der Waals surface area (Å²) in [7, 11) is 0. The first-order chi connectivity index (χ1) is 17.7. The minimum absolute atomic E-state index is 0.0467. The summed E-state index contributed by atoms with van der Waals surface area (Å²) in [5, 5.41) is 20.5. The van der Waals surface area contributed by atoms with Crippen LogP contribution in [-0.2, 0) is 27.8 Å². The van der Waals surface area contributed by atoms with Crippen LogP contribution in [0, 0.1) is 23.1 Å². The molecule has 2 aliphatic rings. The first-order valence-electron chi connectivity index (χ1n) is 12.8. The third kappa shape index (κ3) is 4.83. The number of nitriles is 1. The lowest BCUT2D eigenvalue weighted by Gasteiger charge is -2.42. The van der Waals surface area contributed by atoms with Gasteiger partial charge in [-0.3, -0.25) is 4.40 Å². The van der Waals surface area contributed by atoms with Crippen molar-refractivity contribution in [2.24, 2.45) is 5.92 Å². The Morgan fingerprint density at radius 2 is 2.11 bits per heavy atom. The molecule has 0 bridgehead atoms. The van der Waals surface area contributed by atoms with Crippen molar-refractivity contribution in [3.63, 3.8) is 0 Å². The molecule has 3 heterocycles. The summed E-state index contributed by atoms with van der Waals surface area (Å²) in [5.74, 6) is -0.213. The van der Waals surface area contributed by atoms with Crippen LogP contribution >= 0.6 is 0 Å². The van der Waals surface area contributed by atoms with Crippen molar-refractivity contribution in [2.45, 2.75) is 76.2 Å². The predicted octanol–water partition coefficient (Wildman–Crippen LogP) is 5.53. The van der Waals surface area contributed by atoms with E-state index in [9.17, 15) is 19.6 Å². The molecule has 1 fully saturated rings. The quantitative estimate of drug-likeness (QED) is 0.426. The van der Waals surface area contributed by atoms with Crippen molar-refractivity contribution in [3.8, 4) is 6.07 Å². The lowest BCUT2D eigenvalue weighted by Crippen LogP contribution is -2.46. The standard InChI is InChI=1S/C29H31FN4O3/c1-28(2,18-31)23-9-8-19(14-24(23)30)10-11-29(20-6-3-4-7-20)16-25(35)22(26(36)37-29)15-21-17-34-13-5-12-32-27(34)33-21/h5,8-9,12-14,17,20,35H,3-4,6-7,10-11,15-16H2,1-2H3. The largest absolute Gasteiger partial charge is 0.512 e. The molecular formula is C29H31FN4O3. The molecule has 0 radical (unpaired) electrons. The van der Waals surface area contributed by atoms with E-state index in [1.165, 1.54) is 6.07 Å². The van der Waals surface area contributed by atoms with Crippen molar-refractivity contribution in [1.29, 1.82) is 5.26 Å². The van der Waals surface area contributed by atoms with Gasteiger partial charge in [-0.1, -0.05) is 25.0 Å². The molecular weight excluding hydrogens is 471 g/mol. The Kier molecular flexibility index (Phi) is 6.49. The van der Waals surface area contributed by atoms with Gasteiger partial charge in [0.2, 0.25) is 5.78 Å². The Morgan fingerprint density at radius 1 is 1.32 bits per heavy atom. The van der Waals surface area contributed by atoms with Crippen molar-refractivity contribution >= 4 is 11.7 Å². The van der Waals surface area contributed by atoms with Gasteiger partial charge < -0.3 is 9.84 Å². The highest BCUT2D eigenvalue weighted by Gasteiger charge is 2.48. The van der Waals surface area contributed by atoms with E-state index >= 15 is 0 Å². The number of fused-ring (bicyclic) bond motifs is 1. The predicted molar refractivity (Wildman–Crippen MR) is 135 cm³/mol. The van der Waals surface area contributed by atoms with E-state index < -0.39 is 22.8 Å². The molecule has 1 saturated carbocycles. The van der Waals surface area contributed by atoms with Crippen molar-refractivity contribution in [3.05, 3.63) is 76.8 Å². The highest BCUT2D eigenvalue weighted by Crippen LogP contribution is 2.46. The number of halogens is 1. The SMILES string of the molecule is CC(C)(C#N)c1ccc(CCC2(C3CCCC3)CC(O)=C(Cc3cn4cccnc4n3)C(=O)O2)cc1F. The maximum atomic E-state index is 14.9. The lowest BCUT2D eigenvalue weighted by molar-refractivity contribution is -0.167. The topological polar surface area (TPSA) is 101 Å². The summed E-state index contributed by atoms with van der Waals surface area (Å²) >= 11 is 0. The molecule has 1 atom stereocenters. The van der Waals surface area contributed by atoms with Crippen LogP contribution in [0.5, 0.6) is 0 Å². The number of rotatable bonds is 7. The van der Waals surface area contributed by atoms with Crippen LogP contribution in [0.15, 0.2) is 54.2 Å². The third-order valence-electron chi connectivity index (χ3n) is 7.92. The van der Waals surface area contributed by atoms with Crippen LogP contribution < -0.4 is 0 Å². The minimum atomic E-state index is -0.920. The number of carbonyl (C=O) groups excluding carboxylic acids is 1. The molecule has 2 aromatic heterocycles. The fourth-order valence-corrected chi connectivity index (χ4v) is 5.77. The van der Waals surface area contributed by atoms with Gasteiger partial charge in [-0.2, -0.15) is 5.26 Å². The van der Waals surface area contributed by atoms with E-state index in [1.807, 2.05) is 12.3 Å². The number of ether oxygens (including phenoxy) is 1. The Labute approximate surface area is 215 Å². The minimum Gasteiger partial charge on any atom is -0.512 e. The Morgan fingerprint density at radius 3 is 2.78 bits per heavy atom. The highest BCUT2D eigenvalue weighted by molar-refractivity contribution is 5.90. The Hall–Kier alpha value is -3.73. The van der Waals surface area contributed by atoms with Gasteiger partial charge in [0.25, 0.3) is 0 Å². The number of benzene rings is 1. The summed E-state index contributed by atoms with van der Waals surface area (Å²) in [5.41, 5.74) is 0.238. The van der Waals surface area contributed by atoms with E-state index in [-0.39, 0.29) is 30.1 Å². The summed E-state index contributed by atoms with van der Waals surface area (Å²) in [4.78, 5) is 21.9. The van der Waals surface area contributed by atoms with Gasteiger partial charge >= 0.3 is 5.97 Å². The molecule has 192 valence electrons. The number of imidazole rings is 1. The molecule has 1 N–H and O–H groups in total. The average Bonchev–Trinajstić information content (AvgIpc) is 3.55. The van der Waals surface area contributed by atoms with Crippen LogP contribution in [0.4, 0.5) is 4.39 Å². The van der Waals surface area contributed by atoms with E-state index in [0.717, 1.165) is 31.2 Å². The molecule has 0 saturated heterocycles. The summed E-state index contributed by atoms with van der Waals surface area (Å²) in [6.07, 6.45) is 10.6. The number of carbonyl (C=O) groups is 1. The number of aliphatic hydroxyl groups excluding tert-OH is 1. The fraction of sp³-hybridized carbons (Fsp3) is 0.448.